The standard InChI is InChI=1S/C18H15F3N4O/c19-18(20,21)12-3-1-11(2-4-12)13-5-6-14-23-25(15(26)24(13)14)17-7-16(8-17,9-17)10-22/h1-4,13H,5-9H2/t13-,16?,17?/m0/s1. The molecule has 3 fully saturated rings. The first-order valence-electron chi connectivity index (χ1n) is 8.56. The molecule has 3 saturated carbocycles. The maximum Gasteiger partial charge on any atom is 0.416 e. The second kappa shape index (κ2) is 4.58. The molecular formula is C18H15F3N4O. The maximum atomic E-state index is 12.9. The summed E-state index contributed by atoms with van der Waals surface area (Å²) in [4.78, 5) is 12.9. The van der Waals surface area contributed by atoms with Gasteiger partial charge in [0.25, 0.3) is 0 Å². The van der Waals surface area contributed by atoms with E-state index in [1.807, 2.05) is 0 Å². The first-order valence-corrected chi connectivity index (χ1v) is 8.56. The van der Waals surface area contributed by atoms with Gasteiger partial charge in [0.15, 0.2) is 0 Å². The molecule has 1 aromatic heterocycles. The number of nitriles is 1. The van der Waals surface area contributed by atoms with Crippen LogP contribution in [0.25, 0.3) is 0 Å². The summed E-state index contributed by atoms with van der Waals surface area (Å²) in [5.41, 5.74) is -0.828. The molecular weight excluding hydrogens is 345 g/mol. The third kappa shape index (κ3) is 1.86. The number of aryl methyl sites for hydroxylation is 1. The topological polar surface area (TPSA) is 63.6 Å². The van der Waals surface area contributed by atoms with Gasteiger partial charge in [-0.25, -0.2) is 9.48 Å². The molecule has 5 nitrogen and oxygen atoms in total. The lowest BCUT2D eigenvalue weighted by Gasteiger charge is -2.65. The maximum absolute atomic E-state index is 12.9. The Morgan fingerprint density at radius 1 is 1.19 bits per heavy atom. The Bertz CT molecular complexity index is 989. The van der Waals surface area contributed by atoms with E-state index < -0.39 is 11.7 Å². The second-order valence-corrected chi connectivity index (χ2v) is 7.80. The van der Waals surface area contributed by atoms with Crippen LogP contribution in [0.1, 0.15) is 48.7 Å². The molecule has 26 heavy (non-hydrogen) atoms. The fourth-order valence-electron chi connectivity index (χ4n) is 4.89. The molecule has 0 N–H and O–H groups in total. The van der Waals surface area contributed by atoms with Gasteiger partial charge in [-0.2, -0.15) is 23.5 Å². The molecule has 4 aliphatic rings. The molecule has 2 aromatic rings. The summed E-state index contributed by atoms with van der Waals surface area (Å²) in [7, 11) is 0. The minimum atomic E-state index is -4.37. The Hall–Kier alpha value is -2.56. The number of fused-ring (bicyclic) bond motifs is 1. The molecule has 1 aliphatic heterocycles. The number of aromatic nitrogens is 3. The number of alkyl halides is 3. The molecule has 0 unspecified atom stereocenters. The quantitative estimate of drug-likeness (QED) is 0.827. The summed E-state index contributed by atoms with van der Waals surface area (Å²) >= 11 is 0. The van der Waals surface area contributed by atoms with Crippen LogP contribution in [0.2, 0.25) is 0 Å². The number of benzene rings is 1. The number of hydrogen-bond donors (Lipinski definition) is 0. The number of halogens is 3. The zero-order valence-corrected chi connectivity index (χ0v) is 13.8. The van der Waals surface area contributed by atoms with Gasteiger partial charge < -0.3 is 0 Å². The predicted octanol–water partition coefficient (Wildman–Crippen LogP) is 3.00. The zero-order chi connectivity index (χ0) is 18.3. The summed E-state index contributed by atoms with van der Waals surface area (Å²) in [5.74, 6) is 0.677. The highest BCUT2D eigenvalue weighted by atomic mass is 19.4. The van der Waals surface area contributed by atoms with Gasteiger partial charge in [-0.1, -0.05) is 12.1 Å². The monoisotopic (exact) mass is 360 g/mol. The molecule has 2 bridgehead atoms. The van der Waals surface area contributed by atoms with Gasteiger partial charge in [0.1, 0.15) is 5.82 Å². The summed E-state index contributed by atoms with van der Waals surface area (Å²) in [6.07, 6.45) is -1.11. The van der Waals surface area contributed by atoms with Gasteiger partial charge in [0.2, 0.25) is 0 Å². The normalized spacial score (nSPS) is 31.7. The molecule has 6 rings (SSSR count). The van der Waals surface area contributed by atoms with E-state index in [9.17, 15) is 18.0 Å². The highest BCUT2D eigenvalue weighted by Crippen LogP contribution is 2.70. The molecule has 0 radical (unpaired) electrons. The third-order valence-electron chi connectivity index (χ3n) is 6.15. The Morgan fingerprint density at radius 3 is 2.42 bits per heavy atom. The second-order valence-electron chi connectivity index (χ2n) is 7.80. The molecule has 0 saturated heterocycles. The fourth-order valence-corrected chi connectivity index (χ4v) is 4.89. The number of hydrogen-bond acceptors (Lipinski definition) is 3. The van der Waals surface area contributed by atoms with Gasteiger partial charge in [-0.15, -0.1) is 0 Å². The van der Waals surface area contributed by atoms with Crippen molar-refractivity contribution in [2.24, 2.45) is 5.41 Å². The molecule has 2 heterocycles. The van der Waals surface area contributed by atoms with Crippen LogP contribution in [0.4, 0.5) is 13.2 Å². The zero-order valence-electron chi connectivity index (χ0n) is 13.8. The molecule has 134 valence electrons. The molecule has 3 aliphatic carbocycles. The minimum absolute atomic E-state index is 0.214. The van der Waals surface area contributed by atoms with Gasteiger partial charge in [0.05, 0.1) is 28.6 Å². The van der Waals surface area contributed by atoms with Gasteiger partial charge >= 0.3 is 11.9 Å². The van der Waals surface area contributed by atoms with Crippen molar-refractivity contribution in [3.05, 3.63) is 51.7 Å². The van der Waals surface area contributed by atoms with E-state index in [0.29, 0.717) is 43.5 Å². The lowest BCUT2D eigenvalue weighted by molar-refractivity contribution is -0.155. The molecule has 0 spiro atoms. The third-order valence-corrected chi connectivity index (χ3v) is 6.15. The van der Waals surface area contributed by atoms with E-state index in [0.717, 1.165) is 12.1 Å². The number of rotatable bonds is 2. The Balaban J connectivity index is 1.48. The lowest BCUT2D eigenvalue weighted by atomic mass is 9.40. The summed E-state index contributed by atoms with van der Waals surface area (Å²) in [6, 6.07) is 7.03. The van der Waals surface area contributed by atoms with Crippen LogP contribution in [0.5, 0.6) is 0 Å². The number of nitrogens with zero attached hydrogens (tertiary/aromatic N) is 4. The van der Waals surface area contributed by atoms with Gasteiger partial charge in [0, 0.05) is 6.42 Å². The fraction of sp³-hybridized carbons (Fsp3) is 0.500. The average Bonchev–Trinajstić information content (AvgIpc) is 3.06. The van der Waals surface area contributed by atoms with E-state index in [1.165, 1.54) is 16.8 Å². The van der Waals surface area contributed by atoms with Crippen molar-refractivity contribution in [1.29, 1.82) is 5.26 Å². The molecule has 8 heteroatoms. The molecule has 1 aromatic carbocycles. The van der Waals surface area contributed by atoms with Crippen LogP contribution in [-0.4, -0.2) is 14.3 Å². The summed E-state index contributed by atoms with van der Waals surface area (Å²) in [6.45, 7) is 0. The average molecular weight is 360 g/mol. The van der Waals surface area contributed by atoms with Crippen molar-refractivity contribution in [3.8, 4) is 6.07 Å². The molecule has 1 atom stereocenters. The van der Waals surface area contributed by atoms with E-state index in [1.54, 1.807) is 4.57 Å². The first kappa shape index (κ1) is 15.7. The van der Waals surface area contributed by atoms with Crippen LogP contribution in [0.15, 0.2) is 29.1 Å². The van der Waals surface area contributed by atoms with Crippen molar-refractivity contribution in [1.82, 2.24) is 14.3 Å². The predicted molar refractivity (Wildman–Crippen MR) is 84.3 cm³/mol. The van der Waals surface area contributed by atoms with Gasteiger partial charge in [-0.05, 0) is 43.4 Å². The molecule has 0 amide bonds. The highest BCUT2D eigenvalue weighted by Gasteiger charge is 2.71. The minimum Gasteiger partial charge on any atom is -0.271 e. The van der Waals surface area contributed by atoms with Crippen LogP contribution >= 0.6 is 0 Å². The van der Waals surface area contributed by atoms with Crippen LogP contribution in [0, 0.1) is 16.7 Å². The summed E-state index contributed by atoms with van der Waals surface area (Å²) in [5, 5.41) is 13.7. The Morgan fingerprint density at radius 2 is 1.85 bits per heavy atom. The SMILES string of the molecule is N#CC12CC(n3nc4n(c3=O)[C@H](c3ccc(C(F)(F)F)cc3)CC4)(C1)C2. The van der Waals surface area contributed by atoms with Crippen molar-refractivity contribution >= 4 is 0 Å². The lowest BCUT2D eigenvalue weighted by Crippen LogP contribution is -2.69. The largest absolute Gasteiger partial charge is 0.416 e. The smallest absolute Gasteiger partial charge is 0.271 e. The van der Waals surface area contributed by atoms with E-state index in [2.05, 4.69) is 11.2 Å². The van der Waals surface area contributed by atoms with E-state index in [-0.39, 0.29) is 22.7 Å². The van der Waals surface area contributed by atoms with E-state index >= 15 is 0 Å². The van der Waals surface area contributed by atoms with Crippen LogP contribution < -0.4 is 5.69 Å². The van der Waals surface area contributed by atoms with Crippen molar-refractivity contribution in [2.45, 2.75) is 49.9 Å². The Labute approximate surface area is 146 Å². The first-order chi connectivity index (χ1) is 12.3. The van der Waals surface area contributed by atoms with Crippen LogP contribution in [-0.2, 0) is 18.1 Å². The van der Waals surface area contributed by atoms with Crippen molar-refractivity contribution in [3.63, 3.8) is 0 Å². The Kier molecular flexibility index (Phi) is 2.76. The van der Waals surface area contributed by atoms with E-state index in [4.69, 9.17) is 5.26 Å². The highest BCUT2D eigenvalue weighted by molar-refractivity contribution is 5.31. The van der Waals surface area contributed by atoms with Crippen molar-refractivity contribution in [2.75, 3.05) is 0 Å². The van der Waals surface area contributed by atoms with Crippen molar-refractivity contribution < 1.29 is 13.2 Å². The van der Waals surface area contributed by atoms with Gasteiger partial charge in [-0.3, -0.25) is 4.57 Å². The summed E-state index contributed by atoms with van der Waals surface area (Å²) < 4.78 is 41.4. The van der Waals surface area contributed by atoms with Crippen LogP contribution in [0.3, 0.4) is 0 Å².